The lowest BCUT2D eigenvalue weighted by molar-refractivity contribution is -0.115. The Kier molecular flexibility index (Phi) is 4.06. The molecule has 0 spiro atoms. The number of benzene rings is 3. The molecule has 1 amide bonds. The largest absolute Gasteiger partial charge is 0.350 e. The maximum Gasteiger partial charge on any atom is 0.228 e. The number of nitrogens with one attached hydrogen (secondary N) is 1. The first-order valence-electron chi connectivity index (χ1n) is 8.12. The highest BCUT2D eigenvalue weighted by Gasteiger charge is 2.11. The second-order valence-electron chi connectivity index (χ2n) is 6.21. The van der Waals surface area contributed by atoms with Gasteiger partial charge in [-0.3, -0.25) is 4.79 Å². The fourth-order valence-electron chi connectivity index (χ4n) is 3.23. The molecular formula is C21H17BrN2O. The summed E-state index contributed by atoms with van der Waals surface area (Å²) in [6.07, 6.45) is 2.37. The Morgan fingerprint density at radius 1 is 1.04 bits per heavy atom. The molecule has 0 saturated heterocycles. The van der Waals surface area contributed by atoms with Gasteiger partial charge in [-0.25, -0.2) is 0 Å². The normalized spacial score (nSPS) is 11.1. The van der Waals surface area contributed by atoms with Gasteiger partial charge in [-0.15, -0.1) is 0 Å². The van der Waals surface area contributed by atoms with E-state index in [0.29, 0.717) is 6.42 Å². The van der Waals surface area contributed by atoms with Crippen LogP contribution in [0.5, 0.6) is 0 Å². The van der Waals surface area contributed by atoms with E-state index < -0.39 is 0 Å². The zero-order valence-electron chi connectivity index (χ0n) is 13.8. The van der Waals surface area contributed by atoms with Crippen molar-refractivity contribution in [1.29, 1.82) is 0 Å². The number of anilines is 1. The molecule has 1 heterocycles. The fraction of sp³-hybridized carbons (Fsp3) is 0.0952. The van der Waals surface area contributed by atoms with E-state index in [4.69, 9.17) is 0 Å². The van der Waals surface area contributed by atoms with Crippen LogP contribution in [0.1, 0.15) is 5.56 Å². The van der Waals surface area contributed by atoms with Crippen molar-refractivity contribution in [1.82, 2.24) is 4.57 Å². The smallest absolute Gasteiger partial charge is 0.228 e. The minimum absolute atomic E-state index is 0.0113. The maximum atomic E-state index is 12.5. The van der Waals surface area contributed by atoms with E-state index in [2.05, 4.69) is 44.0 Å². The Balaban J connectivity index is 1.58. The van der Waals surface area contributed by atoms with Crippen LogP contribution < -0.4 is 5.32 Å². The standard InChI is InChI=1S/C21H17BrN2O/c1-24-13-16(19-12-17(22)7-9-20(19)24)11-21(25)23-18-8-6-14-4-2-3-5-15(14)10-18/h2-10,12-13H,11H2,1H3,(H,23,25). The summed E-state index contributed by atoms with van der Waals surface area (Å²) in [7, 11) is 2.00. The van der Waals surface area contributed by atoms with Crippen molar-refractivity contribution >= 4 is 49.2 Å². The highest BCUT2D eigenvalue weighted by atomic mass is 79.9. The van der Waals surface area contributed by atoms with E-state index in [-0.39, 0.29) is 5.91 Å². The third-order valence-electron chi connectivity index (χ3n) is 4.42. The van der Waals surface area contributed by atoms with Crippen LogP contribution in [-0.2, 0) is 18.3 Å². The number of fused-ring (bicyclic) bond motifs is 2. The van der Waals surface area contributed by atoms with Crippen molar-refractivity contribution in [3.05, 3.63) is 76.9 Å². The third kappa shape index (κ3) is 3.17. The van der Waals surface area contributed by atoms with Gasteiger partial charge in [0.2, 0.25) is 5.91 Å². The minimum Gasteiger partial charge on any atom is -0.350 e. The number of aryl methyl sites for hydroxylation is 1. The molecule has 25 heavy (non-hydrogen) atoms. The summed E-state index contributed by atoms with van der Waals surface area (Å²) in [5.41, 5.74) is 2.97. The average molecular weight is 393 g/mol. The van der Waals surface area contributed by atoms with Gasteiger partial charge in [0.25, 0.3) is 0 Å². The van der Waals surface area contributed by atoms with E-state index >= 15 is 0 Å². The van der Waals surface area contributed by atoms with Crippen LogP contribution in [-0.4, -0.2) is 10.5 Å². The molecule has 0 aliphatic heterocycles. The van der Waals surface area contributed by atoms with Crippen LogP contribution >= 0.6 is 15.9 Å². The lowest BCUT2D eigenvalue weighted by Gasteiger charge is -2.06. The van der Waals surface area contributed by atoms with Crippen molar-refractivity contribution in [2.24, 2.45) is 7.05 Å². The molecule has 1 N–H and O–H groups in total. The number of halogens is 1. The Hall–Kier alpha value is -2.59. The summed E-state index contributed by atoms with van der Waals surface area (Å²) in [5.74, 6) is -0.0113. The number of rotatable bonds is 3. The van der Waals surface area contributed by atoms with E-state index in [1.54, 1.807) is 0 Å². The zero-order chi connectivity index (χ0) is 17.4. The molecule has 0 saturated carbocycles. The minimum atomic E-state index is -0.0113. The molecule has 4 rings (SSSR count). The van der Waals surface area contributed by atoms with Crippen molar-refractivity contribution in [2.45, 2.75) is 6.42 Å². The van der Waals surface area contributed by atoms with Gasteiger partial charge >= 0.3 is 0 Å². The van der Waals surface area contributed by atoms with Gasteiger partial charge in [0, 0.05) is 34.3 Å². The van der Waals surface area contributed by atoms with Crippen LogP contribution in [0, 0.1) is 0 Å². The number of carbonyl (C=O) groups excluding carboxylic acids is 1. The number of nitrogens with zero attached hydrogens (tertiary/aromatic N) is 1. The molecule has 0 aliphatic carbocycles. The van der Waals surface area contributed by atoms with E-state index in [0.717, 1.165) is 32.0 Å². The summed E-state index contributed by atoms with van der Waals surface area (Å²) in [4.78, 5) is 12.5. The molecule has 0 radical (unpaired) electrons. The van der Waals surface area contributed by atoms with Crippen molar-refractivity contribution in [3.8, 4) is 0 Å². The Morgan fingerprint density at radius 3 is 2.68 bits per heavy atom. The summed E-state index contributed by atoms with van der Waals surface area (Å²) in [6.45, 7) is 0. The van der Waals surface area contributed by atoms with Crippen molar-refractivity contribution in [2.75, 3.05) is 5.32 Å². The third-order valence-corrected chi connectivity index (χ3v) is 4.91. The second-order valence-corrected chi connectivity index (χ2v) is 7.13. The van der Waals surface area contributed by atoms with Crippen LogP contribution in [0.25, 0.3) is 21.7 Å². The van der Waals surface area contributed by atoms with Gasteiger partial charge in [0.05, 0.1) is 6.42 Å². The molecule has 0 atom stereocenters. The maximum absolute atomic E-state index is 12.5. The highest BCUT2D eigenvalue weighted by molar-refractivity contribution is 9.10. The molecule has 3 aromatic carbocycles. The average Bonchev–Trinajstić information content (AvgIpc) is 2.89. The molecule has 0 aliphatic rings. The van der Waals surface area contributed by atoms with E-state index in [1.807, 2.05) is 55.7 Å². The van der Waals surface area contributed by atoms with Crippen LogP contribution in [0.2, 0.25) is 0 Å². The molecule has 0 fully saturated rings. The first-order valence-corrected chi connectivity index (χ1v) is 8.91. The Morgan fingerprint density at radius 2 is 1.84 bits per heavy atom. The molecule has 124 valence electrons. The molecule has 0 bridgehead atoms. The lowest BCUT2D eigenvalue weighted by Crippen LogP contribution is -2.14. The van der Waals surface area contributed by atoms with E-state index in [9.17, 15) is 4.79 Å². The number of hydrogen-bond acceptors (Lipinski definition) is 1. The molecule has 0 unspecified atom stereocenters. The highest BCUT2D eigenvalue weighted by Crippen LogP contribution is 2.25. The van der Waals surface area contributed by atoms with Crippen LogP contribution in [0.3, 0.4) is 0 Å². The van der Waals surface area contributed by atoms with E-state index in [1.165, 1.54) is 5.39 Å². The summed E-state index contributed by atoms with van der Waals surface area (Å²) in [6, 6.07) is 20.2. The Labute approximate surface area is 154 Å². The first-order chi connectivity index (χ1) is 12.1. The van der Waals surface area contributed by atoms with Gasteiger partial charge in [-0.2, -0.15) is 0 Å². The topological polar surface area (TPSA) is 34.0 Å². The SMILES string of the molecule is Cn1cc(CC(=O)Nc2ccc3ccccc3c2)c2cc(Br)ccc21. The number of carbonyl (C=O) groups is 1. The van der Waals surface area contributed by atoms with Crippen molar-refractivity contribution < 1.29 is 4.79 Å². The van der Waals surface area contributed by atoms with Gasteiger partial charge in [-0.1, -0.05) is 46.3 Å². The molecular weight excluding hydrogens is 376 g/mol. The molecule has 1 aromatic heterocycles. The summed E-state index contributed by atoms with van der Waals surface area (Å²) in [5, 5.41) is 6.40. The number of hydrogen-bond donors (Lipinski definition) is 1. The quantitative estimate of drug-likeness (QED) is 0.505. The van der Waals surface area contributed by atoms with Gasteiger partial charge < -0.3 is 9.88 Å². The summed E-state index contributed by atoms with van der Waals surface area (Å²) < 4.78 is 3.07. The van der Waals surface area contributed by atoms with Crippen LogP contribution in [0.15, 0.2) is 71.3 Å². The second kappa shape index (κ2) is 6.37. The lowest BCUT2D eigenvalue weighted by atomic mass is 10.1. The van der Waals surface area contributed by atoms with Crippen molar-refractivity contribution in [3.63, 3.8) is 0 Å². The monoisotopic (exact) mass is 392 g/mol. The number of amides is 1. The van der Waals surface area contributed by atoms with Crippen LogP contribution in [0.4, 0.5) is 5.69 Å². The van der Waals surface area contributed by atoms with Gasteiger partial charge in [0.1, 0.15) is 0 Å². The zero-order valence-corrected chi connectivity index (χ0v) is 15.4. The predicted octanol–water partition coefficient (Wildman–Crippen LogP) is 5.28. The molecule has 4 aromatic rings. The molecule has 3 nitrogen and oxygen atoms in total. The van der Waals surface area contributed by atoms with Gasteiger partial charge in [-0.05, 0) is 46.7 Å². The first kappa shape index (κ1) is 15.9. The molecule has 4 heteroatoms. The summed E-state index contributed by atoms with van der Waals surface area (Å²) >= 11 is 3.51. The fourth-order valence-corrected chi connectivity index (χ4v) is 3.59. The Bertz CT molecular complexity index is 1100. The predicted molar refractivity (Wildman–Crippen MR) is 107 cm³/mol. The van der Waals surface area contributed by atoms with Gasteiger partial charge in [0.15, 0.2) is 0 Å². The number of aromatic nitrogens is 1.